The molecule has 0 fully saturated rings. The SMILES string of the molecule is COc1ccc(CNS(=O)(=O)c2cc(F)ccc2OC)cc1OC. The standard InChI is InChI=1S/C16H18FNO5S/c1-21-13-6-4-11(8-15(13)23-3)10-18-24(19,20)16-9-12(17)5-7-14(16)22-2/h4-9,18H,10H2,1-3H3. The molecule has 2 rings (SSSR count). The van der Waals surface area contributed by atoms with Crippen molar-refractivity contribution in [2.75, 3.05) is 21.3 Å². The molecule has 0 heterocycles. The van der Waals surface area contributed by atoms with Crippen LogP contribution < -0.4 is 18.9 Å². The highest BCUT2D eigenvalue weighted by Crippen LogP contribution is 2.28. The molecule has 0 spiro atoms. The lowest BCUT2D eigenvalue weighted by Crippen LogP contribution is -2.24. The summed E-state index contributed by atoms with van der Waals surface area (Å²) in [5, 5.41) is 0. The first-order valence-electron chi connectivity index (χ1n) is 6.95. The van der Waals surface area contributed by atoms with Gasteiger partial charge in [0.2, 0.25) is 10.0 Å². The van der Waals surface area contributed by atoms with Crippen LogP contribution in [0.3, 0.4) is 0 Å². The number of methoxy groups -OCH3 is 3. The fourth-order valence-corrected chi connectivity index (χ4v) is 3.30. The van der Waals surface area contributed by atoms with Crippen LogP contribution in [0, 0.1) is 5.82 Å². The zero-order valence-corrected chi connectivity index (χ0v) is 14.3. The Morgan fingerprint density at radius 1 is 0.917 bits per heavy atom. The number of benzene rings is 2. The van der Waals surface area contributed by atoms with Crippen LogP contribution in [0.1, 0.15) is 5.56 Å². The van der Waals surface area contributed by atoms with Gasteiger partial charge in [0.05, 0.1) is 21.3 Å². The molecule has 2 aromatic carbocycles. The van der Waals surface area contributed by atoms with Crippen LogP contribution in [0.15, 0.2) is 41.3 Å². The van der Waals surface area contributed by atoms with Gasteiger partial charge in [0.25, 0.3) is 0 Å². The summed E-state index contributed by atoms with van der Waals surface area (Å²) in [5.41, 5.74) is 0.659. The van der Waals surface area contributed by atoms with Gasteiger partial charge in [-0.3, -0.25) is 0 Å². The Hall–Kier alpha value is -2.32. The molecule has 0 saturated carbocycles. The molecule has 0 amide bonds. The molecular weight excluding hydrogens is 337 g/mol. The second-order valence-corrected chi connectivity index (χ2v) is 6.54. The van der Waals surface area contributed by atoms with Gasteiger partial charge in [0, 0.05) is 6.54 Å². The second-order valence-electron chi connectivity index (χ2n) is 4.81. The van der Waals surface area contributed by atoms with Crippen LogP contribution in [0.2, 0.25) is 0 Å². The molecule has 2 aromatic rings. The maximum atomic E-state index is 13.4. The predicted octanol–water partition coefficient (Wildman–Crippen LogP) is 2.33. The topological polar surface area (TPSA) is 73.9 Å². The molecule has 0 aromatic heterocycles. The van der Waals surface area contributed by atoms with Gasteiger partial charge in [0.15, 0.2) is 11.5 Å². The number of sulfonamides is 1. The summed E-state index contributed by atoms with van der Waals surface area (Å²) in [7, 11) is 0.374. The monoisotopic (exact) mass is 355 g/mol. The first kappa shape index (κ1) is 18.0. The summed E-state index contributed by atoms with van der Waals surface area (Å²) >= 11 is 0. The Morgan fingerprint density at radius 3 is 2.17 bits per heavy atom. The normalized spacial score (nSPS) is 11.2. The lowest BCUT2D eigenvalue weighted by Gasteiger charge is -2.12. The molecule has 0 saturated heterocycles. The zero-order chi connectivity index (χ0) is 17.7. The first-order chi connectivity index (χ1) is 11.4. The second kappa shape index (κ2) is 7.50. The quantitative estimate of drug-likeness (QED) is 0.825. The largest absolute Gasteiger partial charge is 0.495 e. The fourth-order valence-electron chi connectivity index (χ4n) is 2.11. The zero-order valence-electron chi connectivity index (χ0n) is 13.5. The highest BCUT2D eigenvalue weighted by molar-refractivity contribution is 7.89. The molecule has 130 valence electrons. The summed E-state index contributed by atoms with van der Waals surface area (Å²) in [5.74, 6) is 0.423. The summed E-state index contributed by atoms with van der Waals surface area (Å²) in [4.78, 5) is -0.259. The van der Waals surface area contributed by atoms with Crippen LogP contribution in [0.4, 0.5) is 4.39 Å². The maximum Gasteiger partial charge on any atom is 0.244 e. The number of nitrogens with one attached hydrogen (secondary N) is 1. The van der Waals surface area contributed by atoms with E-state index in [1.165, 1.54) is 27.4 Å². The smallest absolute Gasteiger partial charge is 0.244 e. The summed E-state index contributed by atoms with van der Waals surface area (Å²) in [6.07, 6.45) is 0. The molecule has 0 aliphatic heterocycles. The number of rotatable bonds is 7. The Morgan fingerprint density at radius 2 is 1.54 bits per heavy atom. The van der Waals surface area contributed by atoms with Crippen LogP contribution in [0.5, 0.6) is 17.2 Å². The van der Waals surface area contributed by atoms with E-state index in [0.29, 0.717) is 17.1 Å². The molecule has 0 aliphatic carbocycles. The van der Waals surface area contributed by atoms with E-state index in [0.717, 1.165) is 12.1 Å². The highest BCUT2D eigenvalue weighted by Gasteiger charge is 2.20. The van der Waals surface area contributed by atoms with Gasteiger partial charge in [-0.1, -0.05) is 6.07 Å². The van der Waals surface area contributed by atoms with Gasteiger partial charge in [-0.25, -0.2) is 17.5 Å². The van der Waals surface area contributed by atoms with Gasteiger partial charge in [-0.15, -0.1) is 0 Å². The maximum absolute atomic E-state index is 13.4. The van der Waals surface area contributed by atoms with Crippen molar-refractivity contribution in [3.63, 3.8) is 0 Å². The summed E-state index contributed by atoms with van der Waals surface area (Å²) in [6.45, 7) is 0.00234. The third-order valence-corrected chi connectivity index (χ3v) is 4.75. The van der Waals surface area contributed by atoms with Gasteiger partial charge < -0.3 is 14.2 Å². The number of hydrogen-bond donors (Lipinski definition) is 1. The van der Waals surface area contributed by atoms with Crippen molar-refractivity contribution >= 4 is 10.0 Å². The molecule has 0 radical (unpaired) electrons. The number of ether oxygens (including phenoxy) is 3. The molecule has 0 unspecified atom stereocenters. The minimum atomic E-state index is -3.95. The third kappa shape index (κ3) is 3.95. The van der Waals surface area contributed by atoms with Crippen molar-refractivity contribution < 1.29 is 27.0 Å². The molecule has 1 N–H and O–H groups in total. The van der Waals surface area contributed by atoms with Gasteiger partial charge in [-0.2, -0.15) is 0 Å². The highest BCUT2D eigenvalue weighted by atomic mass is 32.2. The van der Waals surface area contributed by atoms with Crippen molar-refractivity contribution in [2.45, 2.75) is 11.4 Å². The lowest BCUT2D eigenvalue weighted by atomic mass is 10.2. The Kier molecular flexibility index (Phi) is 5.63. The minimum absolute atomic E-state index is 0.00234. The molecule has 6 nitrogen and oxygen atoms in total. The molecule has 24 heavy (non-hydrogen) atoms. The van der Waals surface area contributed by atoms with E-state index in [1.54, 1.807) is 18.2 Å². The molecule has 0 aliphatic rings. The van der Waals surface area contributed by atoms with E-state index >= 15 is 0 Å². The number of hydrogen-bond acceptors (Lipinski definition) is 5. The van der Waals surface area contributed by atoms with Crippen LogP contribution in [-0.2, 0) is 16.6 Å². The van der Waals surface area contributed by atoms with Crippen molar-refractivity contribution in [2.24, 2.45) is 0 Å². The van der Waals surface area contributed by atoms with E-state index in [-0.39, 0.29) is 17.2 Å². The van der Waals surface area contributed by atoms with E-state index < -0.39 is 15.8 Å². The average Bonchev–Trinajstić information content (AvgIpc) is 2.59. The Labute approximate surface area is 140 Å². The molecule has 0 atom stereocenters. The molecule has 8 heteroatoms. The average molecular weight is 355 g/mol. The van der Waals surface area contributed by atoms with Crippen LogP contribution in [0.25, 0.3) is 0 Å². The summed E-state index contributed by atoms with van der Waals surface area (Å²) in [6, 6.07) is 8.34. The molecular formula is C16H18FNO5S. The third-order valence-electron chi connectivity index (χ3n) is 3.33. The van der Waals surface area contributed by atoms with Crippen molar-refractivity contribution in [3.8, 4) is 17.2 Å². The van der Waals surface area contributed by atoms with E-state index in [9.17, 15) is 12.8 Å². The van der Waals surface area contributed by atoms with E-state index in [1.807, 2.05) is 0 Å². The Balaban J connectivity index is 2.23. The van der Waals surface area contributed by atoms with Gasteiger partial charge in [0.1, 0.15) is 16.5 Å². The van der Waals surface area contributed by atoms with Crippen molar-refractivity contribution in [1.29, 1.82) is 0 Å². The van der Waals surface area contributed by atoms with Crippen LogP contribution in [-0.4, -0.2) is 29.7 Å². The predicted molar refractivity (Wildman–Crippen MR) is 86.5 cm³/mol. The van der Waals surface area contributed by atoms with E-state index in [2.05, 4.69) is 4.72 Å². The van der Waals surface area contributed by atoms with E-state index in [4.69, 9.17) is 14.2 Å². The minimum Gasteiger partial charge on any atom is -0.495 e. The summed E-state index contributed by atoms with van der Waals surface area (Å²) < 4.78 is 55.9. The lowest BCUT2D eigenvalue weighted by molar-refractivity contribution is 0.354. The fraction of sp³-hybridized carbons (Fsp3) is 0.250. The van der Waals surface area contributed by atoms with Crippen LogP contribution >= 0.6 is 0 Å². The van der Waals surface area contributed by atoms with Gasteiger partial charge >= 0.3 is 0 Å². The Bertz CT molecular complexity index is 823. The van der Waals surface area contributed by atoms with Crippen molar-refractivity contribution in [1.82, 2.24) is 4.72 Å². The molecule has 0 bridgehead atoms. The first-order valence-corrected chi connectivity index (χ1v) is 8.43. The van der Waals surface area contributed by atoms with Crippen molar-refractivity contribution in [3.05, 3.63) is 47.8 Å². The number of halogens is 1. The van der Waals surface area contributed by atoms with Gasteiger partial charge in [-0.05, 0) is 35.9 Å².